The van der Waals surface area contributed by atoms with Crippen molar-refractivity contribution in [3.63, 3.8) is 0 Å². The number of hydrogen-bond donors (Lipinski definition) is 1. The maximum absolute atomic E-state index is 13.0. The van der Waals surface area contributed by atoms with Crippen LogP contribution in [0, 0.1) is 5.82 Å². The van der Waals surface area contributed by atoms with Gasteiger partial charge in [0.25, 0.3) is 0 Å². The lowest BCUT2D eigenvalue weighted by atomic mass is 10.0. The standard InChI is InChI=1S/C17H23FN4OS/c1-21(10-11-23)15-6-8-22(9-7-15)17-20-19-16(24-17)12-13-2-4-14(18)5-3-13/h2-5,15,23H,6-12H2,1H3. The normalized spacial score (nSPS) is 16.1. The Balaban J connectivity index is 1.55. The van der Waals surface area contributed by atoms with Crippen molar-refractivity contribution < 1.29 is 9.50 Å². The van der Waals surface area contributed by atoms with Gasteiger partial charge in [-0.15, -0.1) is 10.2 Å². The number of benzene rings is 1. The van der Waals surface area contributed by atoms with Crippen LogP contribution in [0.4, 0.5) is 9.52 Å². The molecular formula is C17H23FN4OS. The minimum atomic E-state index is -0.217. The van der Waals surface area contributed by atoms with Crippen molar-refractivity contribution in [2.75, 3.05) is 38.2 Å². The highest BCUT2D eigenvalue weighted by Crippen LogP contribution is 2.26. The molecule has 0 atom stereocenters. The molecule has 3 rings (SSSR count). The molecule has 1 N–H and O–H groups in total. The number of nitrogens with zero attached hydrogens (tertiary/aromatic N) is 4. The fourth-order valence-electron chi connectivity index (χ4n) is 3.06. The average Bonchev–Trinajstić information content (AvgIpc) is 3.06. The smallest absolute Gasteiger partial charge is 0.208 e. The molecule has 5 nitrogen and oxygen atoms in total. The number of aliphatic hydroxyl groups is 1. The summed E-state index contributed by atoms with van der Waals surface area (Å²) in [4.78, 5) is 4.52. The number of hydrogen-bond acceptors (Lipinski definition) is 6. The van der Waals surface area contributed by atoms with Crippen molar-refractivity contribution in [1.82, 2.24) is 15.1 Å². The molecule has 2 aromatic rings. The lowest BCUT2D eigenvalue weighted by Gasteiger charge is -2.36. The molecular weight excluding hydrogens is 327 g/mol. The van der Waals surface area contributed by atoms with Crippen molar-refractivity contribution in [3.05, 3.63) is 40.7 Å². The molecule has 0 aliphatic carbocycles. The Morgan fingerprint density at radius 3 is 2.62 bits per heavy atom. The lowest BCUT2D eigenvalue weighted by Crippen LogP contribution is -2.44. The SMILES string of the molecule is CN(CCO)C1CCN(c2nnc(Cc3ccc(F)cc3)s2)CC1. The summed E-state index contributed by atoms with van der Waals surface area (Å²) in [7, 11) is 2.07. The number of rotatable bonds is 6. The van der Waals surface area contributed by atoms with Crippen LogP contribution in [0.5, 0.6) is 0 Å². The van der Waals surface area contributed by atoms with Crippen molar-refractivity contribution in [2.45, 2.75) is 25.3 Å². The monoisotopic (exact) mass is 350 g/mol. The van der Waals surface area contributed by atoms with Crippen molar-refractivity contribution in [1.29, 1.82) is 0 Å². The van der Waals surface area contributed by atoms with E-state index >= 15 is 0 Å². The molecule has 1 aromatic heterocycles. The molecule has 0 saturated carbocycles. The number of likely N-dealkylation sites (N-methyl/N-ethyl adjacent to an activating group) is 1. The molecule has 1 fully saturated rings. The molecule has 1 aliphatic heterocycles. The van der Waals surface area contributed by atoms with Crippen molar-refractivity contribution in [3.8, 4) is 0 Å². The van der Waals surface area contributed by atoms with Gasteiger partial charge in [0, 0.05) is 32.1 Å². The van der Waals surface area contributed by atoms with Crippen LogP contribution >= 0.6 is 11.3 Å². The van der Waals surface area contributed by atoms with E-state index in [4.69, 9.17) is 5.11 Å². The first-order valence-corrected chi connectivity index (χ1v) is 9.10. The molecule has 1 saturated heterocycles. The van der Waals surface area contributed by atoms with Gasteiger partial charge in [0.2, 0.25) is 5.13 Å². The van der Waals surface area contributed by atoms with Gasteiger partial charge in [0.1, 0.15) is 10.8 Å². The minimum Gasteiger partial charge on any atom is -0.395 e. The minimum absolute atomic E-state index is 0.208. The fraction of sp³-hybridized carbons (Fsp3) is 0.529. The molecule has 7 heteroatoms. The highest BCUT2D eigenvalue weighted by atomic mass is 32.1. The van der Waals surface area contributed by atoms with E-state index in [2.05, 4.69) is 27.0 Å². The molecule has 24 heavy (non-hydrogen) atoms. The van der Waals surface area contributed by atoms with Crippen LogP contribution in [0.1, 0.15) is 23.4 Å². The molecule has 1 aliphatic rings. The van der Waals surface area contributed by atoms with Crippen LogP contribution in [0.3, 0.4) is 0 Å². The third kappa shape index (κ3) is 4.28. The summed E-state index contributed by atoms with van der Waals surface area (Å²) in [5.41, 5.74) is 1.04. The summed E-state index contributed by atoms with van der Waals surface area (Å²) in [6.45, 7) is 2.86. The Kier molecular flexibility index (Phi) is 5.76. The van der Waals surface area contributed by atoms with Crippen LogP contribution in [-0.2, 0) is 6.42 Å². The summed E-state index contributed by atoms with van der Waals surface area (Å²) < 4.78 is 13.0. The van der Waals surface area contributed by atoms with E-state index < -0.39 is 0 Å². The molecule has 1 aromatic carbocycles. The third-order valence-electron chi connectivity index (χ3n) is 4.54. The Hall–Kier alpha value is -1.57. The zero-order chi connectivity index (χ0) is 16.9. The number of anilines is 1. The third-order valence-corrected chi connectivity index (χ3v) is 5.52. The molecule has 0 radical (unpaired) electrons. The van der Waals surface area contributed by atoms with E-state index in [1.165, 1.54) is 12.1 Å². The van der Waals surface area contributed by atoms with Crippen molar-refractivity contribution in [2.24, 2.45) is 0 Å². The summed E-state index contributed by atoms with van der Waals surface area (Å²) in [5.74, 6) is -0.217. The lowest BCUT2D eigenvalue weighted by molar-refractivity contribution is 0.162. The Bertz CT molecular complexity index is 640. The van der Waals surface area contributed by atoms with Crippen LogP contribution in [-0.4, -0.2) is 59.5 Å². The maximum Gasteiger partial charge on any atom is 0.208 e. The first-order chi connectivity index (χ1) is 11.7. The van der Waals surface area contributed by atoms with Gasteiger partial charge in [0.15, 0.2) is 0 Å². The second-order valence-electron chi connectivity index (χ2n) is 6.20. The van der Waals surface area contributed by atoms with Crippen molar-refractivity contribution >= 4 is 16.5 Å². The highest BCUT2D eigenvalue weighted by molar-refractivity contribution is 7.15. The van der Waals surface area contributed by atoms with Gasteiger partial charge in [-0.1, -0.05) is 23.5 Å². The predicted molar refractivity (Wildman–Crippen MR) is 94.1 cm³/mol. The summed E-state index contributed by atoms with van der Waals surface area (Å²) >= 11 is 1.61. The second-order valence-corrected chi connectivity index (χ2v) is 7.24. The fourth-order valence-corrected chi connectivity index (χ4v) is 3.98. The van der Waals surface area contributed by atoms with Gasteiger partial charge < -0.3 is 14.9 Å². The van der Waals surface area contributed by atoms with Crippen LogP contribution in [0.15, 0.2) is 24.3 Å². The van der Waals surface area contributed by atoms with Gasteiger partial charge in [-0.3, -0.25) is 0 Å². The van der Waals surface area contributed by atoms with E-state index in [1.807, 2.05) is 0 Å². The molecule has 0 bridgehead atoms. The summed E-state index contributed by atoms with van der Waals surface area (Å²) in [6.07, 6.45) is 2.83. The van der Waals surface area contributed by atoms with Gasteiger partial charge >= 0.3 is 0 Å². The number of aliphatic hydroxyl groups excluding tert-OH is 1. The second kappa shape index (κ2) is 8.00. The van der Waals surface area contributed by atoms with E-state index in [0.29, 0.717) is 12.5 Å². The maximum atomic E-state index is 13.0. The Morgan fingerprint density at radius 1 is 1.25 bits per heavy atom. The average molecular weight is 350 g/mol. The van der Waals surface area contributed by atoms with Crippen LogP contribution < -0.4 is 4.90 Å². The van der Waals surface area contributed by atoms with Gasteiger partial charge in [-0.2, -0.15) is 0 Å². The van der Waals surface area contributed by atoms with Crippen LogP contribution in [0.25, 0.3) is 0 Å². The Labute approximate surface area is 145 Å². The molecule has 0 amide bonds. The first-order valence-electron chi connectivity index (χ1n) is 8.28. The number of aromatic nitrogens is 2. The molecule has 0 unspecified atom stereocenters. The van der Waals surface area contributed by atoms with E-state index in [-0.39, 0.29) is 12.4 Å². The Morgan fingerprint density at radius 2 is 1.96 bits per heavy atom. The molecule has 130 valence electrons. The quantitative estimate of drug-likeness (QED) is 0.865. The zero-order valence-electron chi connectivity index (χ0n) is 13.9. The summed E-state index contributed by atoms with van der Waals surface area (Å²) in [5, 5.41) is 19.6. The van der Waals surface area contributed by atoms with E-state index in [9.17, 15) is 4.39 Å². The molecule has 2 heterocycles. The predicted octanol–water partition coefficient (Wildman–Crippen LogP) is 2.16. The number of halogens is 1. The molecule has 0 spiro atoms. The van der Waals surface area contributed by atoms with E-state index in [1.54, 1.807) is 23.5 Å². The summed E-state index contributed by atoms with van der Waals surface area (Å²) in [6, 6.07) is 7.06. The van der Waals surface area contributed by atoms with Gasteiger partial charge in [0.05, 0.1) is 6.61 Å². The van der Waals surface area contributed by atoms with Crippen LogP contribution in [0.2, 0.25) is 0 Å². The zero-order valence-corrected chi connectivity index (χ0v) is 14.7. The largest absolute Gasteiger partial charge is 0.395 e. The van der Waals surface area contributed by atoms with Gasteiger partial charge in [-0.25, -0.2) is 4.39 Å². The first kappa shape index (κ1) is 17.3. The number of piperidine rings is 1. The topological polar surface area (TPSA) is 52.5 Å². The van der Waals surface area contributed by atoms with E-state index in [0.717, 1.165) is 48.2 Å². The van der Waals surface area contributed by atoms with Gasteiger partial charge in [-0.05, 0) is 37.6 Å². The highest BCUT2D eigenvalue weighted by Gasteiger charge is 2.24.